The van der Waals surface area contributed by atoms with E-state index in [9.17, 15) is 5.11 Å². The molecule has 15 heavy (non-hydrogen) atoms. The first-order valence-corrected chi connectivity index (χ1v) is 5.94. The van der Waals surface area contributed by atoms with E-state index in [4.69, 9.17) is 0 Å². The maximum absolute atomic E-state index is 10.1. The Morgan fingerprint density at radius 2 is 2.47 bits per heavy atom. The van der Waals surface area contributed by atoms with Crippen molar-refractivity contribution in [2.24, 2.45) is 0 Å². The Hall–Kier alpha value is -0.890. The molecule has 0 saturated heterocycles. The van der Waals surface area contributed by atoms with Gasteiger partial charge in [-0.15, -0.1) is 0 Å². The van der Waals surface area contributed by atoms with E-state index >= 15 is 0 Å². The van der Waals surface area contributed by atoms with E-state index in [2.05, 4.69) is 18.0 Å². The smallest absolute Gasteiger partial charge is 0.0624 e. The quantitative estimate of drug-likeness (QED) is 0.819. The Bertz CT molecular complexity index is 324. The highest BCUT2D eigenvalue weighted by atomic mass is 16.3. The van der Waals surface area contributed by atoms with Crippen molar-refractivity contribution in [1.82, 2.24) is 4.98 Å². The first kappa shape index (κ1) is 10.6. The number of pyridine rings is 1. The highest BCUT2D eigenvalue weighted by Gasteiger charge is 2.29. The Kier molecular flexibility index (Phi) is 3.37. The molecule has 1 heterocycles. The molecule has 0 saturated carbocycles. The molecule has 2 nitrogen and oxygen atoms in total. The van der Waals surface area contributed by atoms with Gasteiger partial charge in [0.25, 0.3) is 0 Å². The average Bonchev–Trinajstić information content (AvgIpc) is 2.69. The third kappa shape index (κ3) is 2.20. The molecule has 1 aromatic rings. The molecule has 2 rings (SSSR count). The van der Waals surface area contributed by atoms with Gasteiger partial charge in [-0.25, -0.2) is 0 Å². The van der Waals surface area contributed by atoms with Crippen LogP contribution < -0.4 is 0 Å². The zero-order valence-corrected chi connectivity index (χ0v) is 9.32. The fourth-order valence-electron chi connectivity index (χ4n) is 2.43. The highest BCUT2D eigenvalue weighted by molar-refractivity contribution is 5.29. The predicted molar refractivity (Wildman–Crippen MR) is 60.8 cm³/mol. The molecule has 0 spiro atoms. The first-order valence-electron chi connectivity index (χ1n) is 5.94. The molecule has 1 aliphatic rings. The maximum atomic E-state index is 10.1. The molecule has 82 valence electrons. The number of aryl methyl sites for hydroxylation is 1. The third-order valence-corrected chi connectivity index (χ3v) is 3.32. The second kappa shape index (κ2) is 4.75. The topological polar surface area (TPSA) is 33.1 Å². The molecule has 0 aliphatic heterocycles. The molecule has 0 radical (unpaired) electrons. The van der Waals surface area contributed by atoms with E-state index in [0.29, 0.717) is 0 Å². The van der Waals surface area contributed by atoms with E-state index in [0.717, 1.165) is 37.8 Å². The highest BCUT2D eigenvalue weighted by Crippen LogP contribution is 2.35. The minimum atomic E-state index is -0.193. The number of fused-ring (bicyclic) bond motifs is 1. The lowest BCUT2D eigenvalue weighted by molar-refractivity contribution is 0.129. The van der Waals surface area contributed by atoms with Gasteiger partial charge in [0.15, 0.2) is 0 Å². The summed E-state index contributed by atoms with van der Waals surface area (Å²) in [5, 5.41) is 10.1. The Balaban J connectivity index is 2.06. The van der Waals surface area contributed by atoms with Crippen molar-refractivity contribution < 1.29 is 5.11 Å². The molecule has 0 aromatic carbocycles. The van der Waals surface area contributed by atoms with Crippen LogP contribution in [0.5, 0.6) is 0 Å². The number of aliphatic hydroxyl groups excluding tert-OH is 1. The van der Waals surface area contributed by atoms with Crippen molar-refractivity contribution in [3.63, 3.8) is 0 Å². The van der Waals surface area contributed by atoms with Crippen LogP contribution in [0.2, 0.25) is 0 Å². The molecule has 1 aromatic heterocycles. The van der Waals surface area contributed by atoms with Crippen molar-refractivity contribution in [2.45, 2.75) is 51.0 Å². The first-order chi connectivity index (χ1) is 7.33. The summed E-state index contributed by atoms with van der Waals surface area (Å²) in [7, 11) is 0. The number of hydrogen-bond donors (Lipinski definition) is 1. The Morgan fingerprint density at radius 3 is 3.27 bits per heavy atom. The van der Waals surface area contributed by atoms with Gasteiger partial charge in [-0.2, -0.15) is 0 Å². The second-order valence-electron chi connectivity index (χ2n) is 4.40. The number of aliphatic hydroxyl groups is 1. The molecule has 0 fully saturated rings. The minimum Gasteiger partial charge on any atom is -0.392 e. The summed E-state index contributed by atoms with van der Waals surface area (Å²) < 4.78 is 0. The van der Waals surface area contributed by atoms with Crippen LogP contribution in [0.25, 0.3) is 0 Å². The lowest BCUT2D eigenvalue weighted by Crippen LogP contribution is -2.17. The van der Waals surface area contributed by atoms with Crippen molar-refractivity contribution in [1.29, 1.82) is 0 Å². The van der Waals surface area contributed by atoms with Gasteiger partial charge in [-0.3, -0.25) is 4.98 Å². The molecule has 2 atom stereocenters. The Morgan fingerprint density at radius 1 is 1.60 bits per heavy atom. The van der Waals surface area contributed by atoms with Crippen molar-refractivity contribution >= 4 is 0 Å². The largest absolute Gasteiger partial charge is 0.392 e. The van der Waals surface area contributed by atoms with Crippen molar-refractivity contribution in [3.05, 3.63) is 29.6 Å². The summed E-state index contributed by atoms with van der Waals surface area (Å²) in [6.07, 6.45) is 6.97. The van der Waals surface area contributed by atoms with Gasteiger partial charge in [-0.05, 0) is 30.9 Å². The van der Waals surface area contributed by atoms with Crippen molar-refractivity contribution in [3.8, 4) is 0 Å². The molecule has 2 heteroatoms. The van der Waals surface area contributed by atoms with Crippen LogP contribution in [0, 0.1) is 0 Å². The number of unbranched alkanes of at least 4 members (excludes halogenated alkanes) is 1. The fourth-order valence-corrected chi connectivity index (χ4v) is 2.43. The lowest BCUT2D eigenvalue weighted by atomic mass is 9.95. The molecule has 1 aliphatic carbocycles. The van der Waals surface area contributed by atoms with Crippen LogP contribution >= 0.6 is 0 Å². The van der Waals surface area contributed by atoms with E-state index in [1.54, 1.807) is 0 Å². The van der Waals surface area contributed by atoms with E-state index in [-0.39, 0.29) is 12.0 Å². The van der Waals surface area contributed by atoms with Crippen LogP contribution in [0.1, 0.15) is 49.8 Å². The molecule has 0 bridgehead atoms. The summed E-state index contributed by atoms with van der Waals surface area (Å²) >= 11 is 0. The minimum absolute atomic E-state index is 0.193. The van der Waals surface area contributed by atoms with Gasteiger partial charge in [0.1, 0.15) is 0 Å². The van der Waals surface area contributed by atoms with Gasteiger partial charge < -0.3 is 5.11 Å². The van der Waals surface area contributed by atoms with Gasteiger partial charge in [0.2, 0.25) is 0 Å². The number of rotatable bonds is 4. The van der Waals surface area contributed by atoms with Crippen LogP contribution in [-0.4, -0.2) is 16.2 Å². The third-order valence-electron chi connectivity index (χ3n) is 3.32. The maximum Gasteiger partial charge on any atom is 0.0624 e. The molecule has 2 unspecified atom stereocenters. The van der Waals surface area contributed by atoms with Crippen molar-refractivity contribution in [2.75, 3.05) is 0 Å². The molecule has 1 N–H and O–H groups in total. The zero-order chi connectivity index (χ0) is 10.7. The zero-order valence-electron chi connectivity index (χ0n) is 9.32. The van der Waals surface area contributed by atoms with Crippen LogP contribution in [0.3, 0.4) is 0 Å². The van der Waals surface area contributed by atoms with Gasteiger partial charge in [-0.1, -0.05) is 25.8 Å². The summed E-state index contributed by atoms with van der Waals surface area (Å²) in [5.74, 6) is 0.285. The number of nitrogens with zero attached hydrogens (tertiary/aromatic N) is 1. The van der Waals surface area contributed by atoms with Crippen LogP contribution in [-0.2, 0) is 6.42 Å². The summed E-state index contributed by atoms with van der Waals surface area (Å²) in [6, 6.07) is 4.12. The fraction of sp³-hybridized carbons (Fsp3) is 0.615. The monoisotopic (exact) mass is 205 g/mol. The van der Waals surface area contributed by atoms with Crippen LogP contribution in [0.4, 0.5) is 0 Å². The average molecular weight is 205 g/mol. The Labute approximate surface area is 91.4 Å². The van der Waals surface area contributed by atoms with E-state index in [1.807, 2.05) is 12.3 Å². The summed E-state index contributed by atoms with van der Waals surface area (Å²) in [6.45, 7) is 2.16. The molecular formula is C13H19NO. The predicted octanol–water partition coefficient (Wildman–Crippen LogP) is 2.66. The second-order valence-corrected chi connectivity index (χ2v) is 4.40. The lowest BCUT2D eigenvalue weighted by Gasteiger charge is -2.17. The van der Waals surface area contributed by atoms with Gasteiger partial charge in [0, 0.05) is 17.8 Å². The van der Waals surface area contributed by atoms with Crippen LogP contribution in [0.15, 0.2) is 18.3 Å². The summed E-state index contributed by atoms with van der Waals surface area (Å²) in [5.41, 5.74) is 2.47. The molecule has 0 amide bonds. The van der Waals surface area contributed by atoms with Gasteiger partial charge in [0.05, 0.1) is 6.10 Å². The number of hydrogen-bond acceptors (Lipinski definition) is 2. The molecular weight excluding hydrogens is 186 g/mol. The standard InChI is InChI=1S/C13H19NO/c1-2-3-6-12(15)11-8-7-10-5-4-9-14-13(10)11/h4-5,9,11-12,15H,2-3,6-8H2,1H3. The summed E-state index contributed by atoms with van der Waals surface area (Å²) in [4.78, 5) is 4.41. The van der Waals surface area contributed by atoms with E-state index < -0.39 is 0 Å². The number of aromatic nitrogens is 1. The SMILES string of the molecule is CCCCC(O)C1CCc2cccnc21. The normalized spacial score (nSPS) is 21.3. The van der Waals surface area contributed by atoms with Gasteiger partial charge >= 0.3 is 0 Å². The van der Waals surface area contributed by atoms with E-state index in [1.165, 1.54) is 5.56 Å².